The zero-order valence-electron chi connectivity index (χ0n) is 15.5. The molecule has 2 aromatic carbocycles. The second-order valence-electron chi connectivity index (χ2n) is 6.03. The van der Waals surface area contributed by atoms with Gasteiger partial charge in [0.05, 0.1) is 30.2 Å². The Morgan fingerprint density at radius 3 is 2.48 bits per heavy atom. The summed E-state index contributed by atoms with van der Waals surface area (Å²) < 4.78 is 5.99. The number of rotatable bonds is 5. The predicted octanol–water partition coefficient (Wildman–Crippen LogP) is 0.744. The van der Waals surface area contributed by atoms with E-state index in [1.807, 2.05) is 0 Å². The number of aromatic amines is 1. The summed E-state index contributed by atoms with van der Waals surface area (Å²) in [5.41, 5.74) is -1.33. The van der Waals surface area contributed by atoms with Crippen LogP contribution in [0, 0.1) is 0 Å². The quantitative estimate of drug-likeness (QED) is 0.613. The topological polar surface area (TPSA) is 137 Å². The van der Waals surface area contributed by atoms with Crippen LogP contribution in [-0.4, -0.2) is 33.4 Å². The van der Waals surface area contributed by atoms with Gasteiger partial charge in [-0.2, -0.15) is 0 Å². The smallest absolute Gasteiger partial charge is 0.335 e. The monoisotopic (exact) mass is 394 g/mol. The number of ether oxygens (including phenoxy) is 1. The molecule has 0 saturated heterocycles. The molecule has 0 bridgehead atoms. The number of aromatic nitrogens is 2. The second kappa shape index (κ2) is 7.85. The number of benzene rings is 2. The number of carbonyl (C=O) groups is 1. The minimum atomic E-state index is -1.37. The maximum atomic E-state index is 12.3. The van der Waals surface area contributed by atoms with Gasteiger partial charge in [-0.25, -0.2) is 9.36 Å². The molecule has 0 atom stereocenters. The molecule has 29 heavy (non-hydrogen) atoms. The Hall–Kier alpha value is -4.14. The van der Waals surface area contributed by atoms with Gasteiger partial charge in [0.15, 0.2) is 0 Å². The fourth-order valence-corrected chi connectivity index (χ4v) is 2.77. The van der Waals surface area contributed by atoms with Crippen LogP contribution >= 0.6 is 0 Å². The fraction of sp³-hybridized carbons (Fsp3) is 0.100. The number of carbonyl (C=O) groups excluding carboxylic acids is 1. The van der Waals surface area contributed by atoms with Gasteiger partial charge < -0.3 is 19.7 Å². The first-order chi connectivity index (χ1) is 13.8. The molecular formula is C20H16N3O6-. The van der Waals surface area contributed by atoms with Crippen molar-refractivity contribution in [1.82, 2.24) is 9.55 Å². The van der Waals surface area contributed by atoms with E-state index >= 15 is 0 Å². The molecule has 1 aromatic heterocycles. The Kier molecular flexibility index (Phi) is 5.31. The van der Waals surface area contributed by atoms with Crippen LogP contribution in [0.3, 0.4) is 0 Å². The number of H-pyrrole nitrogens is 1. The van der Waals surface area contributed by atoms with E-state index in [-0.39, 0.29) is 22.5 Å². The van der Waals surface area contributed by atoms with Crippen LogP contribution in [0.25, 0.3) is 5.69 Å². The van der Waals surface area contributed by atoms with Crippen LogP contribution in [0.5, 0.6) is 11.6 Å². The summed E-state index contributed by atoms with van der Waals surface area (Å²) in [6.07, 6.45) is 0. The average molecular weight is 394 g/mol. The number of nitrogens with one attached hydrogen (secondary N) is 1. The third kappa shape index (κ3) is 3.93. The van der Waals surface area contributed by atoms with Crippen molar-refractivity contribution >= 4 is 17.4 Å². The van der Waals surface area contributed by atoms with Crippen molar-refractivity contribution in [2.45, 2.75) is 6.92 Å². The molecule has 0 radical (unpaired) electrons. The van der Waals surface area contributed by atoms with Crippen molar-refractivity contribution in [3.8, 4) is 17.3 Å². The lowest BCUT2D eigenvalue weighted by atomic mass is 10.1. The van der Waals surface area contributed by atoms with Gasteiger partial charge in [-0.15, -0.1) is 0 Å². The number of methoxy groups -OCH3 is 1. The van der Waals surface area contributed by atoms with Gasteiger partial charge in [0.2, 0.25) is 5.88 Å². The van der Waals surface area contributed by atoms with Crippen LogP contribution in [0.4, 0.5) is 5.69 Å². The number of nitrogens with zero attached hydrogens (tertiary/aromatic N) is 2. The van der Waals surface area contributed by atoms with E-state index in [1.54, 1.807) is 12.1 Å². The van der Waals surface area contributed by atoms with Crippen molar-refractivity contribution in [1.29, 1.82) is 0 Å². The van der Waals surface area contributed by atoms with Gasteiger partial charge in [-0.1, -0.05) is 12.1 Å². The van der Waals surface area contributed by atoms with E-state index in [4.69, 9.17) is 4.74 Å². The first-order valence-electron chi connectivity index (χ1n) is 8.41. The molecule has 0 spiro atoms. The summed E-state index contributed by atoms with van der Waals surface area (Å²) in [4.78, 5) is 41.9. The van der Waals surface area contributed by atoms with Crippen molar-refractivity contribution in [2.75, 3.05) is 7.11 Å². The zero-order chi connectivity index (χ0) is 21.1. The fourth-order valence-electron chi connectivity index (χ4n) is 2.77. The SMILES string of the molecule is COc1ccc(-n2c(O)c(C(C)=Nc3cccc(C(=O)[O-])c3)c(=O)[nH]c2=O)cc1. The normalized spacial score (nSPS) is 11.3. The molecule has 9 nitrogen and oxygen atoms in total. The molecule has 0 fully saturated rings. The number of carboxylic acids is 1. The highest BCUT2D eigenvalue weighted by Crippen LogP contribution is 2.21. The number of carboxylic acid groups (broad SMARTS) is 1. The molecule has 2 N–H and O–H groups in total. The number of hydrogen-bond donors (Lipinski definition) is 2. The molecule has 0 aliphatic rings. The largest absolute Gasteiger partial charge is 0.545 e. The molecule has 148 valence electrons. The zero-order valence-corrected chi connectivity index (χ0v) is 15.5. The van der Waals surface area contributed by atoms with Gasteiger partial charge in [0, 0.05) is 0 Å². The Morgan fingerprint density at radius 1 is 1.17 bits per heavy atom. The van der Waals surface area contributed by atoms with Gasteiger partial charge >= 0.3 is 5.69 Å². The van der Waals surface area contributed by atoms with E-state index < -0.39 is 23.1 Å². The highest BCUT2D eigenvalue weighted by atomic mass is 16.5. The molecule has 0 aliphatic carbocycles. The van der Waals surface area contributed by atoms with Gasteiger partial charge in [0.1, 0.15) is 11.3 Å². The molecule has 0 aliphatic heterocycles. The highest BCUT2D eigenvalue weighted by Gasteiger charge is 2.18. The molecule has 0 amide bonds. The Morgan fingerprint density at radius 2 is 1.86 bits per heavy atom. The maximum Gasteiger partial charge on any atom is 0.335 e. The number of aromatic hydroxyl groups is 1. The first kappa shape index (κ1) is 19.6. The minimum absolute atomic E-state index is 0.0830. The molecular weight excluding hydrogens is 378 g/mol. The Balaban J connectivity index is 2.14. The van der Waals surface area contributed by atoms with E-state index in [9.17, 15) is 24.6 Å². The van der Waals surface area contributed by atoms with E-state index in [0.29, 0.717) is 11.4 Å². The molecule has 0 saturated carbocycles. The maximum absolute atomic E-state index is 12.3. The first-order valence-corrected chi connectivity index (χ1v) is 8.41. The Labute approximate surface area is 164 Å². The molecule has 0 unspecified atom stereocenters. The summed E-state index contributed by atoms with van der Waals surface area (Å²) in [5.74, 6) is -1.41. The van der Waals surface area contributed by atoms with Crippen molar-refractivity contribution in [2.24, 2.45) is 4.99 Å². The van der Waals surface area contributed by atoms with Crippen molar-refractivity contribution in [3.05, 3.63) is 80.5 Å². The Bertz CT molecular complexity index is 1220. The summed E-state index contributed by atoms with van der Waals surface area (Å²) in [7, 11) is 1.49. The predicted molar refractivity (Wildman–Crippen MR) is 104 cm³/mol. The van der Waals surface area contributed by atoms with E-state index in [2.05, 4.69) is 9.98 Å². The van der Waals surface area contributed by atoms with Gasteiger partial charge in [-0.3, -0.25) is 14.8 Å². The van der Waals surface area contributed by atoms with Crippen LogP contribution in [0.2, 0.25) is 0 Å². The van der Waals surface area contributed by atoms with Crippen molar-refractivity contribution in [3.63, 3.8) is 0 Å². The molecule has 3 rings (SSSR count). The van der Waals surface area contributed by atoms with Crippen LogP contribution in [-0.2, 0) is 0 Å². The van der Waals surface area contributed by atoms with E-state index in [0.717, 1.165) is 4.57 Å². The second-order valence-corrected chi connectivity index (χ2v) is 6.03. The summed E-state index contributed by atoms with van der Waals surface area (Å²) >= 11 is 0. The third-order valence-electron chi connectivity index (χ3n) is 4.16. The minimum Gasteiger partial charge on any atom is -0.545 e. The van der Waals surface area contributed by atoms with Crippen LogP contribution in [0.15, 0.2) is 63.1 Å². The molecule has 1 heterocycles. The summed E-state index contributed by atoms with van der Waals surface area (Å²) in [6.45, 7) is 1.46. The van der Waals surface area contributed by atoms with E-state index in [1.165, 1.54) is 50.4 Å². The van der Waals surface area contributed by atoms with Crippen molar-refractivity contribution < 1.29 is 19.7 Å². The van der Waals surface area contributed by atoms with Gasteiger partial charge in [-0.05, 0) is 48.9 Å². The third-order valence-corrected chi connectivity index (χ3v) is 4.16. The highest BCUT2D eigenvalue weighted by molar-refractivity contribution is 6.02. The van der Waals surface area contributed by atoms with Crippen LogP contribution in [0.1, 0.15) is 22.8 Å². The van der Waals surface area contributed by atoms with Gasteiger partial charge in [0.25, 0.3) is 5.56 Å². The lowest BCUT2D eigenvalue weighted by molar-refractivity contribution is -0.255. The summed E-state index contributed by atoms with van der Waals surface area (Å²) in [5, 5.41) is 21.6. The molecule has 3 aromatic rings. The van der Waals surface area contributed by atoms with Crippen LogP contribution < -0.4 is 21.1 Å². The summed E-state index contributed by atoms with van der Waals surface area (Å²) in [6, 6.07) is 11.9. The molecule has 9 heteroatoms. The lowest BCUT2D eigenvalue weighted by Gasteiger charge is -2.12. The number of aromatic carboxylic acids is 1. The lowest BCUT2D eigenvalue weighted by Crippen LogP contribution is -2.32. The standard InChI is InChI=1S/C20H17N3O6/c1-11(21-13-5-3-4-12(10-13)19(26)27)16-17(24)22-20(28)23(18(16)25)14-6-8-15(29-2)9-7-14/h3-10,25H,1-2H3,(H,26,27)(H,22,24,28)/p-1. The average Bonchev–Trinajstić information content (AvgIpc) is 2.68. The number of aliphatic imine (C=N–C) groups is 1. The number of hydrogen-bond acceptors (Lipinski definition) is 7.